The van der Waals surface area contributed by atoms with E-state index < -0.39 is 16.0 Å². The zero-order valence-corrected chi connectivity index (χ0v) is 12.0. The van der Waals surface area contributed by atoms with Gasteiger partial charge < -0.3 is 10.5 Å². The first-order valence-electron chi connectivity index (χ1n) is 5.73. The number of benzene rings is 1. The second-order valence-electron chi connectivity index (χ2n) is 4.23. The van der Waals surface area contributed by atoms with Gasteiger partial charge in [-0.2, -0.15) is 0 Å². The van der Waals surface area contributed by atoms with Gasteiger partial charge in [0.05, 0.1) is 17.6 Å². The van der Waals surface area contributed by atoms with E-state index in [-0.39, 0.29) is 23.0 Å². The highest BCUT2D eigenvalue weighted by atomic mass is 32.2. The van der Waals surface area contributed by atoms with Crippen LogP contribution < -0.4 is 10.5 Å². The van der Waals surface area contributed by atoms with Gasteiger partial charge >= 0.3 is 5.97 Å². The molecule has 3 N–H and O–H groups in total. The Morgan fingerprint density at radius 2 is 2.11 bits per heavy atom. The van der Waals surface area contributed by atoms with Crippen molar-refractivity contribution >= 4 is 16.0 Å². The molecule has 0 heterocycles. The smallest absolute Gasteiger partial charge is 0.337 e. The minimum Gasteiger partial charge on any atom is -0.465 e. The van der Waals surface area contributed by atoms with E-state index in [9.17, 15) is 13.2 Å². The summed E-state index contributed by atoms with van der Waals surface area (Å²) >= 11 is 0. The third-order valence-electron chi connectivity index (χ3n) is 2.61. The number of carbonyl (C=O) groups excluding carboxylic acids is 1. The van der Waals surface area contributed by atoms with Crippen LogP contribution in [0.2, 0.25) is 0 Å². The van der Waals surface area contributed by atoms with Crippen molar-refractivity contribution in [2.24, 2.45) is 5.73 Å². The lowest BCUT2D eigenvalue weighted by Gasteiger charge is -2.14. The summed E-state index contributed by atoms with van der Waals surface area (Å²) in [5, 5.41) is 0. The van der Waals surface area contributed by atoms with Crippen molar-refractivity contribution in [3.63, 3.8) is 0 Å². The fourth-order valence-corrected chi connectivity index (χ4v) is 3.04. The fourth-order valence-electron chi connectivity index (χ4n) is 1.51. The number of sulfonamides is 1. The van der Waals surface area contributed by atoms with Gasteiger partial charge in [-0.05, 0) is 31.5 Å². The molecule has 0 unspecified atom stereocenters. The van der Waals surface area contributed by atoms with E-state index in [0.717, 1.165) is 0 Å². The standard InChI is InChI=1S/C12H18N2O4S/c1-8-4-5-10(12(15)18-3)6-11(8)19(16,17)14-9(2)7-13/h4-6,9,14H,7,13H2,1-3H3/t9-/m1/s1. The average Bonchev–Trinajstić information content (AvgIpc) is 2.37. The van der Waals surface area contributed by atoms with Crippen LogP contribution in [0.4, 0.5) is 0 Å². The van der Waals surface area contributed by atoms with Gasteiger partial charge in [0, 0.05) is 12.6 Å². The number of hydrogen-bond acceptors (Lipinski definition) is 5. The van der Waals surface area contributed by atoms with Crippen molar-refractivity contribution in [3.8, 4) is 0 Å². The van der Waals surface area contributed by atoms with Gasteiger partial charge in [0.25, 0.3) is 0 Å². The number of nitrogens with one attached hydrogen (secondary N) is 1. The Balaban J connectivity index is 3.22. The molecular formula is C12H18N2O4S. The Labute approximate surface area is 113 Å². The molecule has 0 aliphatic carbocycles. The first-order chi connectivity index (χ1) is 8.81. The molecule has 0 saturated carbocycles. The van der Waals surface area contributed by atoms with Crippen LogP contribution in [0.25, 0.3) is 0 Å². The van der Waals surface area contributed by atoms with E-state index in [4.69, 9.17) is 5.73 Å². The van der Waals surface area contributed by atoms with Gasteiger partial charge in [0.2, 0.25) is 10.0 Å². The maximum Gasteiger partial charge on any atom is 0.337 e. The van der Waals surface area contributed by atoms with E-state index in [0.29, 0.717) is 5.56 Å². The SMILES string of the molecule is COC(=O)c1ccc(C)c(S(=O)(=O)N[C@H](C)CN)c1. The summed E-state index contributed by atoms with van der Waals surface area (Å²) in [6.07, 6.45) is 0. The van der Waals surface area contributed by atoms with Crippen LogP contribution in [-0.4, -0.2) is 34.1 Å². The number of esters is 1. The van der Waals surface area contributed by atoms with Gasteiger partial charge in [0.1, 0.15) is 0 Å². The zero-order chi connectivity index (χ0) is 14.6. The molecule has 0 aliphatic heterocycles. The van der Waals surface area contributed by atoms with Crippen molar-refractivity contribution in [3.05, 3.63) is 29.3 Å². The second kappa shape index (κ2) is 6.14. The summed E-state index contributed by atoms with van der Waals surface area (Å²) in [7, 11) is -2.46. The number of nitrogens with two attached hydrogens (primary N) is 1. The molecule has 0 fully saturated rings. The Bertz CT molecular complexity index is 569. The Morgan fingerprint density at radius 3 is 2.63 bits per heavy atom. The topological polar surface area (TPSA) is 98.5 Å². The van der Waals surface area contributed by atoms with Crippen LogP contribution in [0.5, 0.6) is 0 Å². The molecule has 19 heavy (non-hydrogen) atoms. The molecule has 0 aliphatic rings. The van der Waals surface area contributed by atoms with Crippen LogP contribution in [0.3, 0.4) is 0 Å². The number of ether oxygens (including phenoxy) is 1. The molecule has 1 aromatic carbocycles. The molecule has 0 amide bonds. The van der Waals surface area contributed by atoms with E-state index in [1.165, 1.54) is 19.2 Å². The van der Waals surface area contributed by atoms with Crippen LogP contribution in [0.1, 0.15) is 22.8 Å². The lowest BCUT2D eigenvalue weighted by molar-refractivity contribution is 0.0600. The predicted molar refractivity (Wildman–Crippen MR) is 71.4 cm³/mol. The lowest BCUT2D eigenvalue weighted by Crippen LogP contribution is -2.38. The Morgan fingerprint density at radius 1 is 1.47 bits per heavy atom. The number of carbonyl (C=O) groups is 1. The molecule has 1 aromatic rings. The Kier molecular flexibility index (Phi) is 5.04. The molecule has 1 rings (SSSR count). The fraction of sp³-hybridized carbons (Fsp3) is 0.417. The summed E-state index contributed by atoms with van der Waals surface area (Å²) in [6, 6.07) is 4.00. The molecule has 0 radical (unpaired) electrons. The van der Waals surface area contributed by atoms with E-state index in [1.807, 2.05) is 0 Å². The molecule has 1 atom stereocenters. The van der Waals surface area contributed by atoms with Crippen LogP contribution in [0, 0.1) is 6.92 Å². The first kappa shape index (κ1) is 15.6. The van der Waals surface area contributed by atoms with E-state index >= 15 is 0 Å². The van der Waals surface area contributed by atoms with Crippen molar-refractivity contribution in [1.29, 1.82) is 0 Å². The number of hydrogen-bond donors (Lipinski definition) is 2. The van der Waals surface area contributed by atoms with Gasteiger partial charge in [-0.25, -0.2) is 17.9 Å². The van der Waals surface area contributed by atoms with Gasteiger partial charge in [-0.3, -0.25) is 0 Å². The van der Waals surface area contributed by atoms with Gasteiger partial charge in [-0.1, -0.05) is 6.07 Å². The van der Waals surface area contributed by atoms with Crippen LogP contribution >= 0.6 is 0 Å². The normalized spacial score (nSPS) is 13.1. The van der Waals surface area contributed by atoms with Crippen molar-refractivity contribution in [2.45, 2.75) is 24.8 Å². The maximum atomic E-state index is 12.2. The number of rotatable bonds is 5. The summed E-state index contributed by atoms with van der Waals surface area (Å²) in [4.78, 5) is 11.5. The first-order valence-corrected chi connectivity index (χ1v) is 7.21. The molecule has 0 bridgehead atoms. The molecule has 0 saturated heterocycles. The largest absolute Gasteiger partial charge is 0.465 e. The lowest BCUT2D eigenvalue weighted by atomic mass is 10.1. The highest BCUT2D eigenvalue weighted by molar-refractivity contribution is 7.89. The maximum absolute atomic E-state index is 12.2. The summed E-state index contributed by atoms with van der Waals surface area (Å²) < 4.78 is 31.3. The highest BCUT2D eigenvalue weighted by Crippen LogP contribution is 2.18. The van der Waals surface area contributed by atoms with Crippen LogP contribution in [-0.2, 0) is 14.8 Å². The third kappa shape index (κ3) is 3.76. The molecule has 6 nitrogen and oxygen atoms in total. The summed E-state index contributed by atoms with van der Waals surface area (Å²) in [5.41, 5.74) is 6.13. The summed E-state index contributed by atoms with van der Waals surface area (Å²) in [5.74, 6) is -0.580. The number of methoxy groups -OCH3 is 1. The third-order valence-corrected chi connectivity index (χ3v) is 4.34. The monoisotopic (exact) mass is 286 g/mol. The molecule has 7 heteroatoms. The Hall–Kier alpha value is -1.44. The number of aryl methyl sites for hydroxylation is 1. The van der Waals surface area contributed by atoms with E-state index in [1.54, 1.807) is 19.9 Å². The second-order valence-corrected chi connectivity index (χ2v) is 5.91. The minimum atomic E-state index is -3.70. The molecule has 106 valence electrons. The van der Waals surface area contributed by atoms with Crippen molar-refractivity contribution in [2.75, 3.05) is 13.7 Å². The highest BCUT2D eigenvalue weighted by Gasteiger charge is 2.20. The molecule has 0 spiro atoms. The molecular weight excluding hydrogens is 268 g/mol. The predicted octanol–water partition coefficient (Wildman–Crippen LogP) is 0.407. The van der Waals surface area contributed by atoms with Gasteiger partial charge in [0.15, 0.2) is 0 Å². The zero-order valence-electron chi connectivity index (χ0n) is 11.1. The quantitative estimate of drug-likeness (QED) is 0.764. The van der Waals surface area contributed by atoms with Gasteiger partial charge in [-0.15, -0.1) is 0 Å². The van der Waals surface area contributed by atoms with Crippen LogP contribution in [0.15, 0.2) is 23.1 Å². The van der Waals surface area contributed by atoms with Crippen molar-refractivity contribution < 1.29 is 17.9 Å². The summed E-state index contributed by atoms with van der Waals surface area (Å²) in [6.45, 7) is 3.51. The average molecular weight is 286 g/mol. The van der Waals surface area contributed by atoms with E-state index in [2.05, 4.69) is 9.46 Å². The molecule has 0 aromatic heterocycles. The van der Waals surface area contributed by atoms with Crippen molar-refractivity contribution in [1.82, 2.24) is 4.72 Å². The minimum absolute atomic E-state index is 0.0516.